The van der Waals surface area contributed by atoms with E-state index >= 15 is 0 Å². The number of halogens is 1. The lowest BCUT2D eigenvalue weighted by Crippen LogP contribution is -2.10. The van der Waals surface area contributed by atoms with Crippen molar-refractivity contribution in [2.45, 2.75) is 19.4 Å². The van der Waals surface area contributed by atoms with Crippen LogP contribution >= 0.6 is 15.9 Å². The van der Waals surface area contributed by atoms with E-state index in [0.717, 1.165) is 10.0 Å². The fraction of sp³-hybridized carbons (Fsp3) is 0.333. The summed E-state index contributed by atoms with van der Waals surface area (Å²) < 4.78 is 10.8. The molecule has 0 spiro atoms. The normalized spacial score (nSPS) is 17.5. The van der Waals surface area contributed by atoms with Crippen molar-refractivity contribution in [2.75, 3.05) is 6.61 Å². The lowest BCUT2D eigenvalue weighted by molar-refractivity contribution is -0.145. The van der Waals surface area contributed by atoms with Gasteiger partial charge in [0, 0.05) is 10.0 Å². The Hall–Kier alpha value is -1.36. The first-order valence-electron chi connectivity index (χ1n) is 5.28. The molecule has 0 bridgehead atoms. The van der Waals surface area contributed by atoms with E-state index in [1.165, 1.54) is 0 Å². The molecular weight excluding hydrogens is 288 g/mol. The van der Waals surface area contributed by atoms with Crippen molar-refractivity contribution in [2.24, 2.45) is 0 Å². The average molecular weight is 299 g/mol. The Morgan fingerprint density at radius 2 is 2.29 bits per heavy atom. The second kappa shape index (κ2) is 4.87. The molecule has 0 aromatic heterocycles. The van der Waals surface area contributed by atoms with Gasteiger partial charge in [-0.25, -0.2) is 4.79 Å². The minimum absolute atomic E-state index is 0.0586. The molecular formula is C12H11BrO4. The van der Waals surface area contributed by atoms with Crippen LogP contribution in [-0.2, 0) is 14.3 Å². The summed E-state index contributed by atoms with van der Waals surface area (Å²) in [7, 11) is 0. The second-order valence-corrected chi connectivity index (χ2v) is 4.55. The average Bonchev–Trinajstić information content (AvgIpc) is 2.55. The summed E-state index contributed by atoms with van der Waals surface area (Å²) >= 11 is 3.33. The number of carbonyl (C=O) groups is 2. The number of hydrogen-bond acceptors (Lipinski definition) is 4. The van der Waals surface area contributed by atoms with Gasteiger partial charge in [-0.1, -0.05) is 15.9 Å². The number of carbonyl (C=O) groups excluding carboxylic acids is 2. The van der Waals surface area contributed by atoms with Crippen molar-refractivity contribution in [1.29, 1.82) is 0 Å². The van der Waals surface area contributed by atoms with Crippen molar-refractivity contribution in [3.63, 3.8) is 0 Å². The van der Waals surface area contributed by atoms with Crippen molar-refractivity contribution in [1.82, 2.24) is 0 Å². The fourth-order valence-corrected chi connectivity index (χ4v) is 2.14. The van der Waals surface area contributed by atoms with Gasteiger partial charge >= 0.3 is 11.9 Å². The molecule has 0 aliphatic carbocycles. The van der Waals surface area contributed by atoms with Crippen molar-refractivity contribution < 1.29 is 19.1 Å². The number of hydrogen-bond donors (Lipinski definition) is 0. The first-order valence-corrected chi connectivity index (χ1v) is 6.07. The maximum atomic E-state index is 11.5. The van der Waals surface area contributed by atoms with Gasteiger partial charge in [-0.2, -0.15) is 0 Å². The minimum Gasteiger partial charge on any atom is -0.466 e. The van der Waals surface area contributed by atoms with Crippen LogP contribution in [0.2, 0.25) is 0 Å². The molecule has 0 saturated carbocycles. The molecule has 1 atom stereocenters. The molecule has 2 rings (SSSR count). The van der Waals surface area contributed by atoms with Crippen LogP contribution < -0.4 is 0 Å². The summed E-state index contributed by atoms with van der Waals surface area (Å²) in [5, 5.41) is 0. The topological polar surface area (TPSA) is 52.6 Å². The molecule has 1 aromatic carbocycles. The number of esters is 2. The third kappa shape index (κ3) is 2.49. The van der Waals surface area contributed by atoms with Gasteiger partial charge in [0.05, 0.1) is 18.6 Å². The number of fused-ring (bicyclic) bond motifs is 1. The van der Waals surface area contributed by atoms with E-state index in [1.54, 1.807) is 25.1 Å². The van der Waals surface area contributed by atoms with Crippen molar-refractivity contribution >= 4 is 27.9 Å². The Morgan fingerprint density at radius 1 is 1.53 bits per heavy atom. The molecule has 0 fully saturated rings. The standard InChI is InChI=1S/C12H11BrO4/c1-2-16-11(14)6-10-9-5-7(13)3-4-8(9)12(15)17-10/h3-5,10H,2,6H2,1H3. The number of rotatable bonds is 3. The molecule has 0 saturated heterocycles. The molecule has 1 heterocycles. The van der Waals surface area contributed by atoms with Crippen LogP contribution in [0.4, 0.5) is 0 Å². The zero-order chi connectivity index (χ0) is 12.4. The third-order valence-electron chi connectivity index (χ3n) is 2.49. The van der Waals surface area contributed by atoms with Gasteiger partial charge < -0.3 is 9.47 Å². The van der Waals surface area contributed by atoms with Crippen molar-refractivity contribution in [3.05, 3.63) is 33.8 Å². The summed E-state index contributed by atoms with van der Waals surface area (Å²) in [5.74, 6) is -0.750. The predicted molar refractivity (Wildman–Crippen MR) is 63.5 cm³/mol. The van der Waals surface area contributed by atoms with Gasteiger partial charge in [0.2, 0.25) is 0 Å². The van der Waals surface area contributed by atoms with Crippen molar-refractivity contribution in [3.8, 4) is 0 Å². The highest BCUT2D eigenvalue weighted by molar-refractivity contribution is 9.10. The van der Waals surface area contributed by atoms with Gasteiger partial charge in [-0.3, -0.25) is 4.79 Å². The van der Waals surface area contributed by atoms with Crippen LogP contribution in [-0.4, -0.2) is 18.5 Å². The molecule has 4 nitrogen and oxygen atoms in total. The molecule has 1 aromatic rings. The second-order valence-electron chi connectivity index (χ2n) is 3.63. The molecule has 5 heteroatoms. The van der Waals surface area contributed by atoms with Crippen LogP contribution in [0.15, 0.2) is 22.7 Å². The Bertz CT molecular complexity index is 470. The van der Waals surface area contributed by atoms with E-state index in [2.05, 4.69) is 15.9 Å². The Morgan fingerprint density at radius 3 is 3.00 bits per heavy atom. The van der Waals surface area contributed by atoms with Crippen LogP contribution in [0, 0.1) is 0 Å². The van der Waals surface area contributed by atoms with Crippen LogP contribution in [0.25, 0.3) is 0 Å². The largest absolute Gasteiger partial charge is 0.466 e. The molecule has 0 amide bonds. The number of ether oxygens (including phenoxy) is 2. The van der Waals surface area contributed by atoms with Gasteiger partial charge in [0.1, 0.15) is 6.10 Å². The first kappa shape index (κ1) is 12.1. The first-order chi connectivity index (χ1) is 8.11. The molecule has 90 valence electrons. The van der Waals surface area contributed by atoms with Crippen LogP contribution in [0.3, 0.4) is 0 Å². The number of cyclic esters (lactones) is 1. The summed E-state index contributed by atoms with van der Waals surface area (Å²) in [6.07, 6.45) is -0.475. The molecule has 1 aliphatic heterocycles. The number of benzene rings is 1. The van der Waals surface area contributed by atoms with E-state index in [0.29, 0.717) is 12.2 Å². The lowest BCUT2D eigenvalue weighted by atomic mass is 10.0. The lowest BCUT2D eigenvalue weighted by Gasteiger charge is -2.09. The Balaban J connectivity index is 2.21. The third-order valence-corrected chi connectivity index (χ3v) is 2.98. The van der Waals surface area contributed by atoms with E-state index in [4.69, 9.17) is 9.47 Å². The zero-order valence-corrected chi connectivity index (χ0v) is 10.8. The van der Waals surface area contributed by atoms with Gasteiger partial charge in [-0.15, -0.1) is 0 Å². The van der Waals surface area contributed by atoms with E-state index in [-0.39, 0.29) is 18.4 Å². The maximum Gasteiger partial charge on any atom is 0.339 e. The summed E-state index contributed by atoms with van der Waals surface area (Å²) in [6.45, 7) is 2.06. The van der Waals surface area contributed by atoms with E-state index in [1.807, 2.05) is 0 Å². The summed E-state index contributed by atoms with van der Waals surface area (Å²) in [5.41, 5.74) is 1.25. The smallest absolute Gasteiger partial charge is 0.339 e. The molecule has 1 unspecified atom stereocenters. The predicted octanol–water partition coefficient (Wildman–Crippen LogP) is 2.61. The highest BCUT2D eigenvalue weighted by Gasteiger charge is 2.32. The monoisotopic (exact) mass is 298 g/mol. The highest BCUT2D eigenvalue weighted by Crippen LogP contribution is 2.34. The SMILES string of the molecule is CCOC(=O)CC1OC(=O)c2ccc(Br)cc21. The fourth-order valence-electron chi connectivity index (χ4n) is 1.76. The highest BCUT2D eigenvalue weighted by atomic mass is 79.9. The van der Waals surface area contributed by atoms with Gasteiger partial charge in [0.25, 0.3) is 0 Å². The quantitative estimate of drug-likeness (QED) is 0.805. The van der Waals surface area contributed by atoms with E-state index in [9.17, 15) is 9.59 Å². The molecule has 0 N–H and O–H groups in total. The molecule has 17 heavy (non-hydrogen) atoms. The summed E-state index contributed by atoms with van der Waals surface area (Å²) in [6, 6.07) is 5.25. The molecule has 1 aliphatic rings. The Labute approximate surface area is 107 Å². The zero-order valence-electron chi connectivity index (χ0n) is 9.23. The van der Waals surface area contributed by atoms with Crippen LogP contribution in [0.5, 0.6) is 0 Å². The minimum atomic E-state index is -0.533. The van der Waals surface area contributed by atoms with Gasteiger partial charge in [-0.05, 0) is 25.1 Å². The van der Waals surface area contributed by atoms with Gasteiger partial charge in [0.15, 0.2) is 0 Å². The maximum absolute atomic E-state index is 11.5. The molecule has 0 radical (unpaired) electrons. The van der Waals surface area contributed by atoms with E-state index < -0.39 is 6.10 Å². The summed E-state index contributed by atoms with van der Waals surface area (Å²) in [4.78, 5) is 22.9. The van der Waals surface area contributed by atoms with Crippen LogP contribution in [0.1, 0.15) is 35.4 Å². The Kier molecular flexibility index (Phi) is 3.47.